The molecule has 0 atom stereocenters. The molecular weight excluding hydrogens is 285 g/mol. The van der Waals surface area contributed by atoms with Crippen LogP contribution in [0, 0.1) is 5.82 Å². The summed E-state index contributed by atoms with van der Waals surface area (Å²) >= 11 is 0. The summed E-state index contributed by atoms with van der Waals surface area (Å²) < 4.78 is 41.6. The molecule has 1 aliphatic heterocycles. The van der Waals surface area contributed by atoms with Crippen LogP contribution in [0.15, 0.2) is 29.4 Å². The van der Waals surface area contributed by atoms with Crippen molar-refractivity contribution in [1.29, 1.82) is 0 Å². The molecule has 2 aromatic rings. The van der Waals surface area contributed by atoms with Gasteiger partial charge in [0.15, 0.2) is 0 Å². The Hall–Kier alpha value is -2.00. The van der Waals surface area contributed by atoms with Crippen molar-refractivity contribution in [1.82, 2.24) is 19.1 Å². The van der Waals surface area contributed by atoms with E-state index in [1.807, 2.05) is 0 Å². The van der Waals surface area contributed by atoms with Crippen molar-refractivity contribution < 1.29 is 12.8 Å². The Labute approximate surface area is 114 Å². The lowest BCUT2D eigenvalue weighted by Crippen LogP contribution is -2.38. The predicted molar refractivity (Wildman–Crippen MR) is 68.4 cm³/mol. The fourth-order valence-electron chi connectivity index (χ4n) is 2.11. The Morgan fingerprint density at radius 1 is 1.30 bits per heavy atom. The van der Waals surface area contributed by atoms with Crippen LogP contribution in [0.5, 0.6) is 0 Å². The van der Waals surface area contributed by atoms with Gasteiger partial charge >= 0.3 is 0 Å². The first-order valence-corrected chi connectivity index (χ1v) is 7.34. The van der Waals surface area contributed by atoms with Crippen LogP contribution >= 0.6 is 0 Å². The summed E-state index contributed by atoms with van der Waals surface area (Å²) in [6.07, 6.45) is 1.54. The van der Waals surface area contributed by atoms with Crippen LogP contribution in [0.4, 0.5) is 10.1 Å². The number of benzene rings is 1. The summed E-state index contributed by atoms with van der Waals surface area (Å²) in [5.41, 5.74) is 5.74. The second-order valence-electron chi connectivity index (χ2n) is 4.47. The highest BCUT2D eigenvalue weighted by molar-refractivity contribution is 7.89. The van der Waals surface area contributed by atoms with E-state index in [1.165, 1.54) is 10.4 Å². The van der Waals surface area contributed by atoms with Crippen molar-refractivity contribution in [3.8, 4) is 0 Å². The highest BCUT2D eigenvalue weighted by Crippen LogP contribution is 2.24. The van der Waals surface area contributed by atoms with Gasteiger partial charge in [0.05, 0.1) is 6.54 Å². The molecule has 3 rings (SSSR count). The van der Waals surface area contributed by atoms with Gasteiger partial charge in [0.25, 0.3) is 0 Å². The van der Waals surface area contributed by atoms with E-state index < -0.39 is 20.7 Å². The molecule has 0 radical (unpaired) electrons. The molecular formula is C11H12FN5O2S. The third-order valence-corrected chi connectivity index (χ3v) is 5.04. The standard InChI is InChI=1S/C11H12FN5O2S/c12-9-2-1-8(13)5-10(9)20(18,19)17-4-3-16-7-14-15-11(16)6-17/h1-2,5,7H,3-4,6,13H2. The predicted octanol–water partition coefficient (Wildman–Crippen LogP) is 0.204. The molecule has 2 N–H and O–H groups in total. The van der Waals surface area contributed by atoms with Crippen LogP contribution < -0.4 is 5.73 Å². The van der Waals surface area contributed by atoms with Crippen molar-refractivity contribution in [2.45, 2.75) is 18.0 Å². The molecule has 0 saturated carbocycles. The SMILES string of the molecule is Nc1ccc(F)c(S(=O)(=O)N2CCn3cnnc3C2)c1. The Kier molecular flexibility index (Phi) is 2.94. The van der Waals surface area contributed by atoms with E-state index in [0.717, 1.165) is 12.1 Å². The molecule has 0 fully saturated rings. The van der Waals surface area contributed by atoms with Crippen LogP contribution in [0.3, 0.4) is 0 Å². The van der Waals surface area contributed by atoms with Gasteiger partial charge in [-0.15, -0.1) is 10.2 Å². The van der Waals surface area contributed by atoms with Crippen LogP contribution in [0.1, 0.15) is 5.82 Å². The molecule has 0 aliphatic carbocycles. The zero-order valence-electron chi connectivity index (χ0n) is 10.4. The Bertz CT molecular complexity index is 758. The van der Waals surface area contributed by atoms with Gasteiger partial charge in [0.1, 0.15) is 22.9 Å². The van der Waals surface area contributed by atoms with Crippen molar-refractivity contribution >= 4 is 15.7 Å². The first-order chi connectivity index (χ1) is 9.48. The number of hydrogen-bond acceptors (Lipinski definition) is 5. The topological polar surface area (TPSA) is 94.1 Å². The lowest BCUT2D eigenvalue weighted by molar-refractivity contribution is 0.334. The Balaban J connectivity index is 1.99. The third kappa shape index (κ3) is 2.04. The molecule has 0 unspecified atom stereocenters. The summed E-state index contributed by atoms with van der Waals surface area (Å²) in [4.78, 5) is -0.412. The quantitative estimate of drug-likeness (QED) is 0.799. The number of aromatic nitrogens is 3. The maximum Gasteiger partial charge on any atom is 0.246 e. The number of sulfonamides is 1. The molecule has 106 valence electrons. The molecule has 1 aromatic heterocycles. The molecule has 0 amide bonds. The fraction of sp³-hybridized carbons (Fsp3) is 0.273. The van der Waals surface area contributed by atoms with Gasteiger partial charge in [-0.05, 0) is 18.2 Å². The monoisotopic (exact) mass is 297 g/mol. The lowest BCUT2D eigenvalue weighted by atomic mass is 10.3. The minimum Gasteiger partial charge on any atom is -0.399 e. The highest BCUT2D eigenvalue weighted by atomic mass is 32.2. The third-order valence-electron chi connectivity index (χ3n) is 3.18. The summed E-state index contributed by atoms with van der Waals surface area (Å²) in [7, 11) is -3.94. The Morgan fingerprint density at radius 2 is 2.10 bits per heavy atom. The number of fused-ring (bicyclic) bond motifs is 1. The Morgan fingerprint density at radius 3 is 2.90 bits per heavy atom. The number of nitrogens with zero attached hydrogens (tertiary/aromatic N) is 4. The van der Waals surface area contributed by atoms with Crippen molar-refractivity contribution in [3.63, 3.8) is 0 Å². The molecule has 2 heterocycles. The average molecular weight is 297 g/mol. The van der Waals surface area contributed by atoms with Crippen molar-refractivity contribution in [3.05, 3.63) is 36.2 Å². The second-order valence-corrected chi connectivity index (χ2v) is 6.38. The van der Waals surface area contributed by atoms with Gasteiger partial charge in [0, 0.05) is 18.8 Å². The number of nitrogens with two attached hydrogens (primary N) is 1. The van der Waals surface area contributed by atoms with Crippen LogP contribution in [0.25, 0.3) is 0 Å². The van der Waals surface area contributed by atoms with Gasteiger partial charge in [-0.25, -0.2) is 12.8 Å². The highest BCUT2D eigenvalue weighted by Gasteiger charge is 2.31. The molecule has 7 nitrogen and oxygen atoms in total. The number of rotatable bonds is 2. The lowest BCUT2D eigenvalue weighted by Gasteiger charge is -2.26. The zero-order valence-corrected chi connectivity index (χ0v) is 11.2. The molecule has 20 heavy (non-hydrogen) atoms. The second kappa shape index (κ2) is 4.53. The van der Waals surface area contributed by atoms with Gasteiger partial charge < -0.3 is 10.3 Å². The van der Waals surface area contributed by atoms with Gasteiger partial charge in [-0.1, -0.05) is 0 Å². The fourth-order valence-corrected chi connectivity index (χ4v) is 3.59. The van der Waals surface area contributed by atoms with E-state index in [4.69, 9.17) is 5.73 Å². The molecule has 0 bridgehead atoms. The van der Waals surface area contributed by atoms with E-state index >= 15 is 0 Å². The van der Waals surface area contributed by atoms with Gasteiger partial charge in [-0.2, -0.15) is 4.31 Å². The van der Waals surface area contributed by atoms with E-state index in [0.29, 0.717) is 12.4 Å². The number of halogens is 1. The summed E-state index contributed by atoms with van der Waals surface area (Å²) in [5, 5.41) is 7.56. The summed E-state index contributed by atoms with van der Waals surface area (Å²) in [5.74, 6) is -0.282. The maximum absolute atomic E-state index is 13.8. The first-order valence-electron chi connectivity index (χ1n) is 5.90. The minimum atomic E-state index is -3.94. The van der Waals surface area contributed by atoms with Crippen LogP contribution in [-0.4, -0.2) is 34.0 Å². The molecule has 1 aliphatic rings. The van der Waals surface area contributed by atoms with Gasteiger partial charge in [0.2, 0.25) is 10.0 Å². The molecule has 9 heteroatoms. The van der Waals surface area contributed by atoms with E-state index in [2.05, 4.69) is 10.2 Å². The van der Waals surface area contributed by atoms with E-state index in [-0.39, 0.29) is 18.8 Å². The van der Waals surface area contributed by atoms with Crippen molar-refractivity contribution in [2.24, 2.45) is 0 Å². The first kappa shape index (κ1) is 13.0. The number of hydrogen-bond donors (Lipinski definition) is 1. The van der Waals surface area contributed by atoms with Crippen LogP contribution in [0.2, 0.25) is 0 Å². The van der Waals surface area contributed by atoms with Crippen molar-refractivity contribution in [2.75, 3.05) is 12.3 Å². The molecule has 1 aromatic carbocycles. The van der Waals surface area contributed by atoms with Gasteiger partial charge in [-0.3, -0.25) is 0 Å². The largest absolute Gasteiger partial charge is 0.399 e. The normalized spacial score (nSPS) is 16.1. The molecule has 0 spiro atoms. The molecule has 0 saturated heterocycles. The smallest absolute Gasteiger partial charge is 0.246 e. The minimum absolute atomic E-state index is 0.0660. The number of anilines is 1. The number of nitrogen functional groups attached to an aromatic ring is 1. The van der Waals surface area contributed by atoms with Crippen LogP contribution in [-0.2, 0) is 23.1 Å². The average Bonchev–Trinajstić information content (AvgIpc) is 2.88. The van der Waals surface area contributed by atoms with E-state index in [9.17, 15) is 12.8 Å². The van der Waals surface area contributed by atoms with E-state index in [1.54, 1.807) is 10.9 Å². The zero-order chi connectivity index (χ0) is 14.3. The summed E-state index contributed by atoms with van der Waals surface area (Å²) in [6, 6.07) is 3.50. The maximum atomic E-state index is 13.8. The summed E-state index contributed by atoms with van der Waals surface area (Å²) in [6.45, 7) is 0.740.